The molecule has 0 atom stereocenters. The van der Waals surface area contributed by atoms with Crippen LogP contribution < -0.4 is 11.1 Å². The molecule has 0 unspecified atom stereocenters. The van der Waals surface area contributed by atoms with Crippen molar-refractivity contribution in [3.05, 3.63) is 59.9 Å². The van der Waals surface area contributed by atoms with Gasteiger partial charge in [0.2, 0.25) is 0 Å². The van der Waals surface area contributed by atoms with E-state index < -0.39 is 5.91 Å². The number of carbonyl (C=O) groups is 1. The Labute approximate surface area is 99.5 Å². The minimum Gasteiger partial charge on any atom is -0.380 e. The number of anilines is 1. The summed E-state index contributed by atoms with van der Waals surface area (Å²) >= 11 is 0. The van der Waals surface area contributed by atoms with Gasteiger partial charge in [-0.1, -0.05) is 12.1 Å². The van der Waals surface area contributed by atoms with Crippen molar-refractivity contribution in [1.29, 1.82) is 0 Å². The molecule has 17 heavy (non-hydrogen) atoms. The molecule has 4 heteroatoms. The summed E-state index contributed by atoms with van der Waals surface area (Å²) in [7, 11) is 0. The van der Waals surface area contributed by atoms with Crippen molar-refractivity contribution in [1.82, 2.24) is 4.98 Å². The van der Waals surface area contributed by atoms with Crippen LogP contribution in [0.25, 0.3) is 0 Å². The van der Waals surface area contributed by atoms with Gasteiger partial charge in [0.15, 0.2) is 0 Å². The maximum atomic E-state index is 11.2. The maximum absolute atomic E-state index is 11.2. The van der Waals surface area contributed by atoms with Crippen LogP contribution in [0.3, 0.4) is 0 Å². The number of benzene rings is 1. The molecule has 0 aliphatic carbocycles. The van der Waals surface area contributed by atoms with Crippen LogP contribution in [0.15, 0.2) is 48.8 Å². The lowest BCUT2D eigenvalue weighted by molar-refractivity contribution is 0.100. The number of amides is 1. The van der Waals surface area contributed by atoms with E-state index in [4.69, 9.17) is 5.73 Å². The van der Waals surface area contributed by atoms with Crippen LogP contribution in [-0.4, -0.2) is 10.9 Å². The number of hydrogen-bond donors (Lipinski definition) is 2. The number of nitrogens with two attached hydrogens (primary N) is 1. The van der Waals surface area contributed by atoms with Crippen molar-refractivity contribution in [3.63, 3.8) is 0 Å². The Kier molecular flexibility index (Phi) is 3.35. The molecule has 0 bridgehead atoms. The second kappa shape index (κ2) is 5.12. The Morgan fingerprint density at radius 2 is 1.88 bits per heavy atom. The van der Waals surface area contributed by atoms with E-state index in [-0.39, 0.29) is 0 Å². The summed E-state index contributed by atoms with van der Waals surface area (Å²) in [6.45, 7) is 0.632. The molecule has 2 rings (SSSR count). The molecule has 0 saturated heterocycles. The molecular formula is C13H13N3O. The molecule has 0 aliphatic heterocycles. The highest BCUT2D eigenvalue weighted by atomic mass is 16.1. The van der Waals surface area contributed by atoms with Gasteiger partial charge in [0.25, 0.3) is 5.91 Å². The summed E-state index contributed by atoms with van der Waals surface area (Å²) in [5, 5.41) is 3.18. The van der Waals surface area contributed by atoms with Crippen LogP contribution in [0.1, 0.15) is 15.9 Å². The Balaban J connectivity index is 2.12. The standard InChI is InChI=1S/C13H13N3O/c14-13(17)11-3-1-2-4-12(11)16-9-10-5-7-15-8-6-10/h1-8,16H,9H2,(H2,14,17). The van der Waals surface area contributed by atoms with Crippen molar-refractivity contribution in [2.24, 2.45) is 5.73 Å². The second-order valence-corrected chi connectivity index (χ2v) is 3.62. The zero-order valence-electron chi connectivity index (χ0n) is 9.26. The lowest BCUT2D eigenvalue weighted by Gasteiger charge is -2.09. The van der Waals surface area contributed by atoms with Gasteiger partial charge in [0.1, 0.15) is 0 Å². The molecule has 1 heterocycles. The lowest BCUT2D eigenvalue weighted by Crippen LogP contribution is -2.14. The molecule has 0 spiro atoms. The number of aromatic nitrogens is 1. The maximum Gasteiger partial charge on any atom is 0.250 e. The molecule has 2 aromatic rings. The van der Waals surface area contributed by atoms with Crippen LogP contribution in [-0.2, 0) is 6.54 Å². The predicted octanol–water partition coefficient (Wildman–Crippen LogP) is 1.79. The minimum absolute atomic E-state index is 0.428. The normalized spacial score (nSPS) is 9.88. The van der Waals surface area contributed by atoms with Crippen LogP contribution in [0.4, 0.5) is 5.69 Å². The lowest BCUT2D eigenvalue weighted by atomic mass is 10.1. The number of para-hydroxylation sites is 1. The van der Waals surface area contributed by atoms with E-state index in [0.717, 1.165) is 11.3 Å². The van der Waals surface area contributed by atoms with Crippen molar-refractivity contribution in [2.45, 2.75) is 6.54 Å². The first kappa shape index (κ1) is 11.1. The molecule has 1 aromatic carbocycles. The van der Waals surface area contributed by atoms with Crippen LogP contribution in [0.2, 0.25) is 0 Å². The van der Waals surface area contributed by atoms with Gasteiger partial charge >= 0.3 is 0 Å². The van der Waals surface area contributed by atoms with Gasteiger partial charge in [-0.2, -0.15) is 0 Å². The fraction of sp³-hybridized carbons (Fsp3) is 0.0769. The van der Waals surface area contributed by atoms with Crippen molar-refractivity contribution in [3.8, 4) is 0 Å². The molecule has 1 amide bonds. The summed E-state index contributed by atoms with van der Waals surface area (Å²) in [5.74, 6) is -0.428. The first-order valence-electron chi connectivity index (χ1n) is 5.29. The SMILES string of the molecule is NC(=O)c1ccccc1NCc1ccncc1. The zero-order chi connectivity index (χ0) is 12.1. The first-order chi connectivity index (χ1) is 8.27. The average Bonchev–Trinajstić information content (AvgIpc) is 2.38. The van der Waals surface area contributed by atoms with E-state index in [1.807, 2.05) is 24.3 Å². The van der Waals surface area contributed by atoms with Gasteiger partial charge < -0.3 is 11.1 Å². The number of nitrogens with zero attached hydrogens (tertiary/aromatic N) is 1. The van der Waals surface area contributed by atoms with Crippen LogP contribution >= 0.6 is 0 Å². The Morgan fingerprint density at radius 1 is 1.18 bits per heavy atom. The quantitative estimate of drug-likeness (QED) is 0.836. The average molecular weight is 227 g/mol. The molecule has 4 nitrogen and oxygen atoms in total. The van der Waals surface area contributed by atoms with Gasteiger partial charge in [0.05, 0.1) is 5.56 Å². The van der Waals surface area contributed by atoms with Crippen LogP contribution in [0.5, 0.6) is 0 Å². The number of rotatable bonds is 4. The Bertz CT molecular complexity index is 511. The second-order valence-electron chi connectivity index (χ2n) is 3.62. The third-order valence-electron chi connectivity index (χ3n) is 2.42. The third kappa shape index (κ3) is 2.81. The van der Waals surface area contributed by atoms with E-state index in [9.17, 15) is 4.79 Å². The van der Waals surface area contributed by atoms with E-state index in [1.165, 1.54) is 0 Å². The number of hydrogen-bond acceptors (Lipinski definition) is 3. The van der Waals surface area contributed by atoms with E-state index in [0.29, 0.717) is 12.1 Å². The fourth-order valence-corrected chi connectivity index (χ4v) is 1.55. The summed E-state index contributed by atoms with van der Waals surface area (Å²) in [4.78, 5) is 15.1. The fourth-order valence-electron chi connectivity index (χ4n) is 1.55. The van der Waals surface area contributed by atoms with E-state index >= 15 is 0 Å². The van der Waals surface area contributed by atoms with Gasteiger partial charge in [-0.15, -0.1) is 0 Å². The molecule has 1 aromatic heterocycles. The first-order valence-corrected chi connectivity index (χ1v) is 5.29. The molecular weight excluding hydrogens is 214 g/mol. The van der Waals surface area contributed by atoms with Crippen molar-refractivity contribution < 1.29 is 4.79 Å². The number of nitrogens with one attached hydrogen (secondary N) is 1. The smallest absolute Gasteiger partial charge is 0.250 e. The summed E-state index contributed by atoms with van der Waals surface area (Å²) in [5.41, 5.74) is 7.64. The molecule has 0 saturated carbocycles. The molecule has 0 aliphatic rings. The van der Waals surface area contributed by atoms with Crippen molar-refractivity contribution >= 4 is 11.6 Å². The highest BCUT2D eigenvalue weighted by Gasteiger charge is 2.05. The van der Waals surface area contributed by atoms with E-state index in [1.54, 1.807) is 24.5 Å². The van der Waals surface area contributed by atoms with E-state index in [2.05, 4.69) is 10.3 Å². The molecule has 0 fully saturated rings. The van der Waals surface area contributed by atoms with Gasteiger partial charge in [-0.05, 0) is 29.8 Å². The number of pyridine rings is 1. The van der Waals surface area contributed by atoms with Crippen molar-refractivity contribution in [2.75, 3.05) is 5.32 Å². The van der Waals surface area contributed by atoms with Gasteiger partial charge in [-0.25, -0.2) is 0 Å². The monoisotopic (exact) mass is 227 g/mol. The number of primary amides is 1. The van der Waals surface area contributed by atoms with Gasteiger partial charge in [0, 0.05) is 24.6 Å². The largest absolute Gasteiger partial charge is 0.380 e. The highest BCUT2D eigenvalue weighted by Crippen LogP contribution is 2.15. The predicted molar refractivity (Wildman–Crippen MR) is 66.5 cm³/mol. The third-order valence-corrected chi connectivity index (χ3v) is 2.42. The Morgan fingerprint density at radius 3 is 2.59 bits per heavy atom. The number of carbonyl (C=O) groups excluding carboxylic acids is 1. The Hall–Kier alpha value is -2.36. The molecule has 3 N–H and O–H groups in total. The summed E-state index contributed by atoms with van der Waals surface area (Å²) in [6, 6.07) is 11.0. The summed E-state index contributed by atoms with van der Waals surface area (Å²) < 4.78 is 0. The minimum atomic E-state index is -0.428. The molecule has 86 valence electrons. The zero-order valence-corrected chi connectivity index (χ0v) is 9.26. The van der Waals surface area contributed by atoms with Gasteiger partial charge in [-0.3, -0.25) is 9.78 Å². The summed E-state index contributed by atoms with van der Waals surface area (Å²) in [6.07, 6.45) is 3.47. The topological polar surface area (TPSA) is 68.0 Å². The highest BCUT2D eigenvalue weighted by molar-refractivity contribution is 5.98. The molecule has 0 radical (unpaired) electrons. The van der Waals surface area contributed by atoms with Crippen LogP contribution in [0, 0.1) is 0 Å².